The first kappa shape index (κ1) is 13.5. The smallest absolute Gasteiger partial charge is 0.261 e. The van der Waals surface area contributed by atoms with Crippen LogP contribution in [-0.4, -0.2) is 22.4 Å². The van der Waals surface area contributed by atoms with Gasteiger partial charge in [0, 0.05) is 23.8 Å². The summed E-state index contributed by atoms with van der Waals surface area (Å²) >= 11 is 1.41. The summed E-state index contributed by atoms with van der Waals surface area (Å²) in [6.07, 6.45) is 1.59. The number of rotatable bonds is 4. The number of pyridine rings is 1. The lowest BCUT2D eigenvalue weighted by Gasteiger charge is -2.10. The van der Waals surface area contributed by atoms with Gasteiger partial charge in [0.25, 0.3) is 5.91 Å². The number of aromatic nitrogens is 2. The van der Waals surface area contributed by atoms with Gasteiger partial charge in [0.05, 0.1) is 16.9 Å². The van der Waals surface area contributed by atoms with E-state index in [1.54, 1.807) is 6.20 Å². The average molecular weight is 276 g/mol. The van der Waals surface area contributed by atoms with Crippen molar-refractivity contribution in [2.45, 2.75) is 20.8 Å². The van der Waals surface area contributed by atoms with Gasteiger partial charge in [-0.3, -0.25) is 15.1 Å². The van der Waals surface area contributed by atoms with Gasteiger partial charge in [-0.2, -0.15) is 0 Å². The summed E-state index contributed by atoms with van der Waals surface area (Å²) < 4.78 is 0. The molecule has 0 aliphatic heterocycles. The standard InChI is InChI=1S/C13H16N4OS/c1-4-14-11-5-8(2)15-6-10(11)12(18)17-13-16-9(3)7-19-13/h5-7H,4H2,1-3H3,(H,14,15)(H,16,17,18). The minimum atomic E-state index is -0.196. The zero-order valence-corrected chi connectivity index (χ0v) is 12.0. The lowest BCUT2D eigenvalue weighted by Crippen LogP contribution is -2.15. The third-order valence-electron chi connectivity index (χ3n) is 2.49. The Labute approximate surface area is 116 Å². The maximum absolute atomic E-state index is 12.2. The van der Waals surface area contributed by atoms with Gasteiger partial charge < -0.3 is 5.32 Å². The Hall–Kier alpha value is -1.95. The molecule has 2 rings (SSSR count). The molecule has 0 saturated carbocycles. The third-order valence-corrected chi connectivity index (χ3v) is 3.37. The van der Waals surface area contributed by atoms with Gasteiger partial charge >= 0.3 is 0 Å². The van der Waals surface area contributed by atoms with E-state index in [0.29, 0.717) is 10.7 Å². The second-order valence-electron chi connectivity index (χ2n) is 4.15. The maximum Gasteiger partial charge on any atom is 0.261 e. The van der Waals surface area contributed by atoms with Crippen LogP contribution in [0.25, 0.3) is 0 Å². The van der Waals surface area contributed by atoms with Crippen LogP contribution in [0.2, 0.25) is 0 Å². The summed E-state index contributed by atoms with van der Waals surface area (Å²) in [5.74, 6) is -0.196. The largest absolute Gasteiger partial charge is 0.385 e. The lowest BCUT2D eigenvalue weighted by molar-refractivity contribution is 0.102. The Balaban J connectivity index is 2.23. The van der Waals surface area contributed by atoms with Crippen LogP contribution in [0.3, 0.4) is 0 Å². The zero-order chi connectivity index (χ0) is 13.8. The molecule has 2 aromatic heterocycles. The highest BCUT2D eigenvalue weighted by molar-refractivity contribution is 7.13. The van der Waals surface area contributed by atoms with Gasteiger partial charge in [0.15, 0.2) is 5.13 Å². The van der Waals surface area contributed by atoms with Crippen LogP contribution in [0, 0.1) is 13.8 Å². The number of carbonyl (C=O) groups excluding carboxylic acids is 1. The SMILES string of the molecule is CCNc1cc(C)ncc1C(=O)Nc1nc(C)cs1. The molecule has 0 atom stereocenters. The molecule has 0 unspecified atom stereocenters. The number of thiazole rings is 1. The second kappa shape index (κ2) is 5.79. The molecule has 0 aliphatic rings. The molecule has 1 amide bonds. The van der Waals surface area contributed by atoms with E-state index in [0.717, 1.165) is 23.6 Å². The summed E-state index contributed by atoms with van der Waals surface area (Å²) in [5, 5.41) is 8.46. The second-order valence-corrected chi connectivity index (χ2v) is 5.01. The van der Waals surface area contributed by atoms with Crippen LogP contribution in [-0.2, 0) is 0 Å². The molecule has 0 bridgehead atoms. The van der Waals surface area contributed by atoms with Crippen molar-refractivity contribution in [2.24, 2.45) is 0 Å². The summed E-state index contributed by atoms with van der Waals surface area (Å²) in [7, 11) is 0. The fourth-order valence-electron chi connectivity index (χ4n) is 1.65. The van der Waals surface area contributed by atoms with Crippen LogP contribution in [0.5, 0.6) is 0 Å². The molecule has 0 saturated heterocycles. The van der Waals surface area contributed by atoms with E-state index in [4.69, 9.17) is 0 Å². The van der Waals surface area contributed by atoms with E-state index in [1.807, 2.05) is 32.2 Å². The average Bonchev–Trinajstić information content (AvgIpc) is 2.75. The first-order valence-corrected chi connectivity index (χ1v) is 6.92. The van der Waals surface area contributed by atoms with Crippen molar-refractivity contribution in [3.8, 4) is 0 Å². The van der Waals surface area contributed by atoms with Gasteiger partial charge in [-0.15, -0.1) is 11.3 Å². The number of aryl methyl sites for hydroxylation is 2. The van der Waals surface area contributed by atoms with Crippen molar-refractivity contribution in [3.63, 3.8) is 0 Å². The fraction of sp³-hybridized carbons (Fsp3) is 0.308. The molecule has 19 heavy (non-hydrogen) atoms. The van der Waals surface area contributed by atoms with Gasteiger partial charge in [-0.25, -0.2) is 4.98 Å². The molecule has 2 N–H and O–H groups in total. The highest BCUT2D eigenvalue weighted by Gasteiger charge is 2.13. The highest BCUT2D eigenvalue weighted by atomic mass is 32.1. The van der Waals surface area contributed by atoms with Crippen LogP contribution in [0.4, 0.5) is 10.8 Å². The van der Waals surface area contributed by atoms with Crippen molar-refractivity contribution < 1.29 is 4.79 Å². The summed E-state index contributed by atoms with van der Waals surface area (Å²) in [6, 6.07) is 1.87. The number of anilines is 2. The Morgan fingerprint density at radius 2 is 2.16 bits per heavy atom. The fourth-order valence-corrected chi connectivity index (χ4v) is 2.34. The number of nitrogens with one attached hydrogen (secondary N) is 2. The molecular formula is C13H16N4OS. The van der Waals surface area contributed by atoms with Crippen molar-refractivity contribution >= 4 is 28.1 Å². The zero-order valence-electron chi connectivity index (χ0n) is 11.2. The van der Waals surface area contributed by atoms with Crippen molar-refractivity contribution in [3.05, 3.63) is 34.6 Å². The van der Waals surface area contributed by atoms with Gasteiger partial charge in [0.1, 0.15) is 0 Å². The van der Waals surface area contributed by atoms with E-state index in [-0.39, 0.29) is 5.91 Å². The first-order valence-electron chi connectivity index (χ1n) is 6.04. The predicted molar refractivity (Wildman–Crippen MR) is 77.9 cm³/mol. The third kappa shape index (κ3) is 3.29. The van der Waals surface area contributed by atoms with E-state index >= 15 is 0 Å². The molecule has 5 nitrogen and oxygen atoms in total. The molecule has 0 aromatic carbocycles. The highest BCUT2D eigenvalue weighted by Crippen LogP contribution is 2.19. The van der Waals surface area contributed by atoms with Crippen LogP contribution >= 0.6 is 11.3 Å². The molecule has 100 valence electrons. The van der Waals surface area contributed by atoms with E-state index in [2.05, 4.69) is 20.6 Å². The Morgan fingerprint density at radius 1 is 1.37 bits per heavy atom. The molecular weight excluding hydrogens is 260 g/mol. The molecule has 0 fully saturated rings. The van der Waals surface area contributed by atoms with Gasteiger partial charge in [-0.05, 0) is 26.8 Å². The minimum Gasteiger partial charge on any atom is -0.385 e. The lowest BCUT2D eigenvalue weighted by atomic mass is 10.2. The first-order chi connectivity index (χ1) is 9.10. The van der Waals surface area contributed by atoms with Crippen molar-refractivity contribution in [1.82, 2.24) is 9.97 Å². The van der Waals surface area contributed by atoms with E-state index in [9.17, 15) is 4.79 Å². The molecule has 2 aromatic rings. The predicted octanol–water partition coefficient (Wildman–Crippen LogP) is 2.84. The number of hydrogen-bond acceptors (Lipinski definition) is 5. The number of hydrogen-bond donors (Lipinski definition) is 2. The molecule has 6 heteroatoms. The monoisotopic (exact) mass is 276 g/mol. The van der Waals surface area contributed by atoms with Gasteiger partial charge in [-0.1, -0.05) is 0 Å². The summed E-state index contributed by atoms with van der Waals surface area (Å²) in [4.78, 5) is 20.6. The maximum atomic E-state index is 12.2. The Morgan fingerprint density at radius 3 is 2.79 bits per heavy atom. The minimum absolute atomic E-state index is 0.196. The van der Waals surface area contributed by atoms with E-state index in [1.165, 1.54) is 11.3 Å². The molecule has 2 heterocycles. The Kier molecular flexibility index (Phi) is 4.11. The van der Waals surface area contributed by atoms with Crippen LogP contribution in [0.15, 0.2) is 17.6 Å². The molecule has 0 spiro atoms. The van der Waals surface area contributed by atoms with Crippen LogP contribution < -0.4 is 10.6 Å². The normalized spacial score (nSPS) is 10.3. The number of nitrogens with zero attached hydrogens (tertiary/aromatic N) is 2. The molecule has 0 aliphatic carbocycles. The summed E-state index contributed by atoms with van der Waals surface area (Å²) in [5.41, 5.74) is 3.09. The topological polar surface area (TPSA) is 66.9 Å². The van der Waals surface area contributed by atoms with Crippen molar-refractivity contribution in [1.29, 1.82) is 0 Å². The molecule has 0 radical (unpaired) electrons. The summed E-state index contributed by atoms with van der Waals surface area (Å²) in [6.45, 7) is 6.53. The van der Waals surface area contributed by atoms with Crippen molar-refractivity contribution in [2.75, 3.05) is 17.2 Å². The van der Waals surface area contributed by atoms with Gasteiger partial charge in [0.2, 0.25) is 0 Å². The number of carbonyl (C=O) groups is 1. The van der Waals surface area contributed by atoms with Crippen LogP contribution in [0.1, 0.15) is 28.7 Å². The quantitative estimate of drug-likeness (QED) is 0.901. The number of amides is 1. The Bertz CT molecular complexity index is 594. The van der Waals surface area contributed by atoms with E-state index < -0.39 is 0 Å².